The lowest BCUT2D eigenvalue weighted by atomic mass is 9.97. The zero-order valence-corrected chi connectivity index (χ0v) is 14.5. The van der Waals surface area contributed by atoms with Gasteiger partial charge in [-0.3, -0.25) is 0 Å². The number of hydrogen-bond acceptors (Lipinski definition) is 3. The molecule has 0 aliphatic heterocycles. The van der Waals surface area contributed by atoms with Crippen LogP contribution in [0.2, 0.25) is 0 Å². The summed E-state index contributed by atoms with van der Waals surface area (Å²) in [6.07, 6.45) is 0. The Balaban J connectivity index is 1.70. The van der Waals surface area contributed by atoms with Gasteiger partial charge in [0.15, 0.2) is 0 Å². The van der Waals surface area contributed by atoms with Crippen molar-refractivity contribution in [2.45, 2.75) is 20.1 Å². The molecule has 0 amide bonds. The summed E-state index contributed by atoms with van der Waals surface area (Å²) >= 11 is 0. The van der Waals surface area contributed by atoms with Crippen molar-refractivity contribution >= 4 is 0 Å². The molecule has 1 N–H and O–H groups in total. The molecule has 128 valence electrons. The maximum Gasteiger partial charge on any atom is 0.119 e. The van der Waals surface area contributed by atoms with E-state index in [-0.39, 0.29) is 6.61 Å². The third kappa shape index (κ3) is 4.01. The van der Waals surface area contributed by atoms with Crippen LogP contribution in [0.3, 0.4) is 0 Å². The molecule has 3 nitrogen and oxygen atoms in total. The Morgan fingerprint density at radius 2 is 1.52 bits per heavy atom. The fourth-order valence-electron chi connectivity index (χ4n) is 2.79. The van der Waals surface area contributed by atoms with Crippen LogP contribution in [-0.4, -0.2) is 12.2 Å². The van der Waals surface area contributed by atoms with E-state index in [0.717, 1.165) is 39.3 Å². The van der Waals surface area contributed by atoms with Crippen LogP contribution >= 0.6 is 0 Å². The van der Waals surface area contributed by atoms with Gasteiger partial charge in [0.1, 0.15) is 18.1 Å². The fraction of sp³-hybridized carbons (Fsp3) is 0.182. The number of aliphatic hydroxyl groups excluding tert-OH is 1. The minimum absolute atomic E-state index is 0.0583. The van der Waals surface area contributed by atoms with E-state index in [9.17, 15) is 5.11 Å². The fourth-order valence-corrected chi connectivity index (χ4v) is 2.79. The highest BCUT2D eigenvalue weighted by Crippen LogP contribution is 2.27. The highest BCUT2D eigenvalue weighted by atomic mass is 16.5. The summed E-state index contributed by atoms with van der Waals surface area (Å²) in [5.74, 6) is 1.67. The summed E-state index contributed by atoms with van der Waals surface area (Å²) in [4.78, 5) is 0. The van der Waals surface area contributed by atoms with Crippen molar-refractivity contribution in [1.82, 2.24) is 0 Å². The smallest absolute Gasteiger partial charge is 0.119 e. The molecule has 3 heteroatoms. The Hall–Kier alpha value is -2.78. The quantitative estimate of drug-likeness (QED) is 0.707. The van der Waals surface area contributed by atoms with Crippen LogP contribution in [0.15, 0.2) is 66.7 Å². The zero-order chi connectivity index (χ0) is 17.6. The molecule has 0 aromatic heterocycles. The molecule has 0 aliphatic carbocycles. The van der Waals surface area contributed by atoms with Crippen molar-refractivity contribution in [3.63, 3.8) is 0 Å². The van der Waals surface area contributed by atoms with E-state index >= 15 is 0 Å². The van der Waals surface area contributed by atoms with Crippen LogP contribution in [0.1, 0.15) is 16.7 Å². The Bertz CT molecular complexity index is 821. The first-order valence-electron chi connectivity index (χ1n) is 8.27. The topological polar surface area (TPSA) is 38.7 Å². The van der Waals surface area contributed by atoms with Gasteiger partial charge in [-0.05, 0) is 59.0 Å². The summed E-state index contributed by atoms with van der Waals surface area (Å²) in [6, 6.07) is 21.9. The molecule has 0 atom stereocenters. The molecule has 0 radical (unpaired) electrons. The van der Waals surface area contributed by atoms with Gasteiger partial charge in [0.25, 0.3) is 0 Å². The van der Waals surface area contributed by atoms with Crippen LogP contribution in [0.25, 0.3) is 11.1 Å². The number of hydrogen-bond donors (Lipinski definition) is 1. The highest BCUT2D eigenvalue weighted by Gasteiger charge is 2.06. The molecule has 0 aliphatic rings. The van der Waals surface area contributed by atoms with E-state index in [2.05, 4.69) is 6.07 Å². The first-order valence-corrected chi connectivity index (χ1v) is 8.27. The Morgan fingerprint density at radius 1 is 0.840 bits per heavy atom. The summed E-state index contributed by atoms with van der Waals surface area (Å²) in [5.41, 5.74) is 5.41. The molecular formula is C22H22O3. The second kappa shape index (κ2) is 7.86. The zero-order valence-electron chi connectivity index (χ0n) is 14.5. The monoisotopic (exact) mass is 334 g/mol. The first-order chi connectivity index (χ1) is 12.2. The van der Waals surface area contributed by atoms with Gasteiger partial charge in [0, 0.05) is 0 Å². The van der Waals surface area contributed by atoms with Gasteiger partial charge in [0.2, 0.25) is 0 Å². The van der Waals surface area contributed by atoms with Crippen molar-refractivity contribution in [3.8, 4) is 22.6 Å². The second-order valence-electron chi connectivity index (χ2n) is 5.91. The van der Waals surface area contributed by atoms with Gasteiger partial charge >= 0.3 is 0 Å². The Kier molecular flexibility index (Phi) is 5.36. The van der Waals surface area contributed by atoms with E-state index < -0.39 is 0 Å². The molecule has 0 spiro atoms. The van der Waals surface area contributed by atoms with Crippen LogP contribution in [0, 0.1) is 6.92 Å². The van der Waals surface area contributed by atoms with Crippen LogP contribution in [0.5, 0.6) is 11.5 Å². The lowest BCUT2D eigenvalue weighted by molar-refractivity contribution is 0.281. The molecule has 0 heterocycles. The van der Waals surface area contributed by atoms with E-state index in [1.165, 1.54) is 0 Å². The van der Waals surface area contributed by atoms with Gasteiger partial charge in [0.05, 0.1) is 13.7 Å². The number of ether oxygens (including phenoxy) is 2. The number of rotatable bonds is 6. The molecule has 0 saturated carbocycles. The van der Waals surface area contributed by atoms with Gasteiger partial charge in [-0.1, -0.05) is 42.5 Å². The average Bonchev–Trinajstić information content (AvgIpc) is 2.67. The maximum atomic E-state index is 9.42. The van der Waals surface area contributed by atoms with Gasteiger partial charge in [-0.25, -0.2) is 0 Å². The predicted molar refractivity (Wildman–Crippen MR) is 99.9 cm³/mol. The minimum atomic E-state index is 0.0583. The third-order valence-electron chi connectivity index (χ3n) is 4.35. The second-order valence-corrected chi connectivity index (χ2v) is 5.91. The number of aliphatic hydroxyl groups is 1. The number of methoxy groups -OCH3 is 1. The molecule has 0 saturated heterocycles. The summed E-state index contributed by atoms with van der Waals surface area (Å²) < 4.78 is 11.0. The summed E-state index contributed by atoms with van der Waals surface area (Å²) in [5, 5.41) is 9.42. The average molecular weight is 334 g/mol. The van der Waals surface area contributed by atoms with Gasteiger partial charge < -0.3 is 14.6 Å². The molecular weight excluding hydrogens is 312 g/mol. The highest BCUT2D eigenvalue weighted by molar-refractivity contribution is 5.69. The Morgan fingerprint density at radius 3 is 2.16 bits per heavy atom. The summed E-state index contributed by atoms with van der Waals surface area (Å²) in [6.45, 7) is 2.61. The van der Waals surface area contributed by atoms with Crippen LogP contribution in [0.4, 0.5) is 0 Å². The molecule has 3 aromatic rings. The first kappa shape index (κ1) is 17.1. The van der Waals surface area contributed by atoms with Crippen molar-refractivity contribution < 1.29 is 14.6 Å². The van der Waals surface area contributed by atoms with Crippen molar-refractivity contribution in [1.29, 1.82) is 0 Å². The van der Waals surface area contributed by atoms with Gasteiger partial charge in [-0.2, -0.15) is 0 Å². The molecule has 0 fully saturated rings. The number of benzene rings is 3. The van der Waals surface area contributed by atoms with E-state index in [1.54, 1.807) is 7.11 Å². The van der Waals surface area contributed by atoms with Crippen molar-refractivity contribution in [2.75, 3.05) is 7.11 Å². The van der Waals surface area contributed by atoms with Crippen molar-refractivity contribution in [2.24, 2.45) is 0 Å². The van der Waals surface area contributed by atoms with E-state index in [4.69, 9.17) is 9.47 Å². The van der Waals surface area contributed by atoms with E-state index in [1.807, 2.05) is 67.6 Å². The SMILES string of the molecule is COc1ccc(COc2ccc(-c3cccc(CO)c3C)cc2)cc1. The normalized spacial score (nSPS) is 10.5. The summed E-state index contributed by atoms with van der Waals surface area (Å²) in [7, 11) is 1.66. The molecule has 25 heavy (non-hydrogen) atoms. The molecule has 3 rings (SSSR count). The predicted octanol–water partition coefficient (Wildman–Crippen LogP) is 4.74. The maximum absolute atomic E-state index is 9.42. The Labute approximate surface area is 148 Å². The van der Waals surface area contributed by atoms with Crippen LogP contribution < -0.4 is 9.47 Å². The molecule has 0 unspecified atom stereocenters. The molecule has 3 aromatic carbocycles. The van der Waals surface area contributed by atoms with Crippen LogP contribution in [-0.2, 0) is 13.2 Å². The molecule has 0 bridgehead atoms. The van der Waals surface area contributed by atoms with E-state index in [0.29, 0.717) is 6.61 Å². The lowest BCUT2D eigenvalue weighted by Gasteiger charge is -2.11. The van der Waals surface area contributed by atoms with Gasteiger partial charge in [-0.15, -0.1) is 0 Å². The largest absolute Gasteiger partial charge is 0.497 e. The lowest BCUT2D eigenvalue weighted by Crippen LogP contribution is -1.96. The standard InChI is InChI=1S/C22H22O3/c1-16-19(14-23)4-3-5-22(16)18-8-12-21(13-9-18)25-15-17-6-10-20(24-2)11-7-17/h3-13,23H,14-15H2,1-2H3. The minimum Gasteiger partial charge on any atom is -0.497 e. The third-order valence-corrected chi connectivity index (χ3v) is 4.35. The van der Waals surface area contributed by atoms with Crippen molar-refractivity contribution in [3.05, 3.63) is 83.4 Å².